The maximum Gasteiger partial charge on any atom is 0.146 e. The SMILES string of the molecule is CC.Cc1cc(CO)cc(OC[C@H](F)CN)c1. The number of halogens is 1. The second-order valence-corrected chi connectivity index (χ2v) is 3.46. The molecule has 0 aromatic heterocycles. The van der Waals surface area contributed by atoms with Gasteiger partial charge in [-0.25, -0.2) is 4.39 Å². The molecule has 1 atom stereocenters. The molecule has 0 aliphatic carbocycles. The molecule has 0 unspecified atom stereocenters. The van der Waals surface area contributed by atoms with Crippen molar-refractivity contribution in [2.45, 2.75) is 33.5 Å². The molecule has 1 aromatic rings. The van der Waals surface area contributed by atoms with Gasteiger partial charge in [0.05, 0.1) is 6.61 Å². The van der Waals surface area contributed by atoms with Crippen LogP contribution >= 0.6 is 0 Å². The van der Waals surface area contributed by atoms with Crippen LogP contribution in [0.2, 0.25) is 0 Å². The Bertz CT molecular complexity index is 318. The number of hydrogen-bond acceptors (Lipinski definition) is 3. The summed E-state index contributed by atoms with van der Waals surface area (Å²) < 4.78 is 18.0. The van der Waals surface area contributed by atoms with E-state index in [2.05, 4.69) is 0 Å². The summed E-state index contributed by atoms with van der Waals surface area (Å²) in [7, 11) is 0. The van der Waals surface area contributed by atoms with Crippen molar-refractivity contribution in [3.05, 3.63) is 29.3 Å². The average molecular weight is 243 g/mol. The summed E-state index contributed by atoms with van der Waals surface area (Å²) in [6.45, 7) is 5.75. The largest absolute Gasteiger partial charge is 0.490 e. The van der Waals surface area contributed by atoms with Crippen molar-refractivity contribution in [2.75, 3.05) is 13.2 Å². The Morgan fingerprint density at radius 2 is 2.00 bits per heavy atom. The summed E-state index contributed by atoms with van der Waals surface area (Å²) in [6, 6.07) is 5.33. The molecule has 0 aliphatic rings. The lowest BCUT2D eigenvalue weighted by Crippen LogP contribution is -2.22. The zero-order valence-electron chi connectivity index (χ0n) is 10.7. The highest BCUT2D eigenvalue weighted by Crippen LogP contribution is 2.17. The monoisotopic (exact) mass is 243 g/mol. The van der Waals surface area contributed by atoms with Gasteiger partial charge < -0.3 is 15.6 Å². The second kappa shape index (κ2) is 8.96. The summed E-state index contributed by atoms with van der Waals surface area (Å²) in [6.07, 6.45) is -1.15. The fourth-order valence-corrected chi connectivity index (χ4v) is 1.25. The minimum Gasteiger partial charge on any atom is -0.490 e. The lowest BCUT2D eigenvalue weighted by molar-refractivity contribution is 0.200. The number of rotatable bonds is 5. The molecule has 0 heterocycles. The fraction of sp³-hybridized carbons (Fsp3) is 0.538. The zero-order chi connectivity index (χ0) is 13.3. The van der Waals surface area contributed by atoms with Gasteiger partial charge in [-0.15, -0.1) is 0 Å². The number of alkyl halides is 1. The second-order valence-electron chi connectivity index (χ2n) is 3.46. The number of hydrogen-bond donors (Lipinski definition) is 2. The highest BCUT2D eigenvalue weighted by atomic mass is 19.1. The molecule has 3 N–H and O–H groups in total. The molecular weight excluding hydrogens is 221 g/mol. The Hall–Kier alpha value is -1.13. The first-order valence-corrected chi connectivity index (χ1v) is 5.84. The molecule has 3 nitrogen and oxygen atoms in total. The van der Waals surface area contributed by atoms with Crippen molar-refractivity contribution in [2.24, 2.45) is 5.73 Å². The highest BCUT2D eigenvalue weighted by molar-refractivity contribution is 5.33. The minimum absolute atomic E-state index is 0.0430. The maximum atomic E-state index is 12.8. The van der Waals surface area contributed by atoms with Crippen molar-refractivity contribution in [3.8, 4) is 5.75 Å². The molecular formula is C13H22FNO2. The average Bonchev–Trinajstić information content (AvgIpc) is 2.37. The summed E-state index contributed by atoms with van der Waals surface area (Å²) in [4.78, 5) is 0. The van der Waals surface area contributed by atoms with Crippen LogP contribution in [0.4, 0.5) is 4.39 Å². The van der Waals surface area contributed by atoms with Crippen LogP contribution in [-0.2, 0) is 6.61 Å². The minimum atomic E-state index is -1.15. The van der Waals surface area contributed by atoms with E-state index in [1.807, 2.05) is 26.8 Å². The van der Waals surface area contributed by atoms with Crippen LogP contribution < -0.4 is 10.5 Å². The van der Waals surface area contributed by atoms with Gasteiger partial charge in [0.1, 0.15) is 18.5 Å². The Balaban J connectivity index is 0.00000121. The van der Waals surface area contributed by atoms with Gasteiger partial charge >= 0.3 is 0 Å². The van der Waals surface area contributed by atoms with Gasteiger partial charge in [0.2, 0.25) is 0 Å². The molecule has 0 saturated carbocycles. The predicted molar refractivity (Wildman–Crippen MR) is 67.9 cm³/mol. The van der Waals surface area contributed by atoms with Crippen LogP contribution in [0, 0.1) is 6.92 Å². The number of nitrogens with two attached hydrogens (primary N) is 1. The molecule has 0 saturated heterocycles. The molecule has 0 fully saturated rings. The number of aryl methyl sites for hydroxylation is 1. The molecule has 0 spiro atoms. The first-order chi connectivity index (χ1) is 8.15. The van der Waals surface area contributed by atoms with E-state index >= 15 is 0 Å². The van der Waals surface area contributed by atoms with E-state index in [0.717, 1.165) is 11.1 Å². The zero-order valence-corrected chi connectivity index (χ0v) is 10.7. The van der Waals surface area contributed by atoms with E-state index in [1.165, 1.54) is 0 Å². The number of aliphatic hydroxyl groups excluding tert-OH is 1. The Labute approximate surface area is 102 Å². The smallest absolute Gasteiger partial charge is 0.146 e. The third-order valence-corrected chi connectivity index (χ3v) is 1.98. The molecule has 0 amide bonds. The lowest BCUT2D eigenvalue weighted by atomic mass is 10.1. The van der Waals surface area contributed by atoms with Crippen molar-refractivity contribution in [3.63, 3.8) is 0 Å². The van der Waals surface area contributed by atoms with Crippen molar-refractivity contribution >= 4 is 0 Å². The molecule has 1 aromatic carbocycles. The fourth-order valence-electron chi connectivity index (χ4n) is 1.25. The quantitative estimate of drug-likeness (QED) is 0.833. The molecule has 0 bridgehead atoms. The van der Waals surface area contributed by atoms with Gasteiger partial charge in [-0.3, -0.25) is 0 Å². The van der Waals surface area contributed by atoms with Crippen molar-refractivity contribution < 1.29 is 14.2 Å². The summed E-state index contributed by atoms with van der Waals surface area (Å²) in [5.74, 6) is 0.565. The third-order valence-electron chi connectivity index (χ3n) is 1.98. The number of benzene rings is 1. The lowest BCUT2D eigenvalue weighted by Gasteiger charge is -2.10. The Morgan fingerprint density at radius 1 is 1.35 bits per heavy atom. The molecule has 98 valence electrons. The van der Waals surface area contributed by atoms with E-state index in [0.29, 0.717) is 5.75 Å². The van der Waals surface area contributed by atoms with Gasteiger partial charge in [0, 0.05) is 6.54 Å². The van der Waals surface area contributed by atoms with E-state index in [9.17, 15) is 4.39 Å². The summed E-state index contributed by atoms with van der Waals surface area (Å²) >= 11 is 0. The van der Waals surface area contributed by atoms with Crippen molar-refractivity contribution in [1.82, 2.24) is 0 Å². The van der Waals surface area contributed by atoms with Gasteiger partial charge in [-0.1, -0.05) is 19.9 Å². The van der Waals surface area contributed by atoms with Gasteiger partial charge in [0.25, 0.3) is 0 Å². The molecule has 1 rings (SSSR count). The standard InChI is InChI=1S/C11H16FNO2.C2H6/c1-8-2-9(6-14)4-11(3-8)15-7-10(12)5-13;1-2/h2-4,10,14H,5-7,13H2,1H3;1-2H3/t10-;/m1./s1. The first-order valence-electron chi connectivity index (χ1n) is 5.84. The van der Waals surface area contributed by atoms with Gasteiger partial charge in [0.15, 0.2) is 0 Å². The molecule has 0 aliphatic heterocycles. The molecule has 17 heavy (non-hydrogen) atoms. The summed E-state index contributed by atoms with van der Waals surface area (Å²) in [5.41, 5.74) is 6.86. The van der Waals surface area contributed by atoms with E-state index in [-0.39, 0.29) is 19.8 Å². The normalized spacial score (nSPS) is 11.4. The van der Waals surface area contributed by atoms with E-state index in [4.69, 9.17) is 15.6 Å². The van der Waals surface area contributed by atoms with Crippen LogP contribution in [0.5, 0.6) is 5.75 Å². The van der Waals surface area contributed by atoms with Crippen LogP contribution in [0.1, 0.15) is 25.0 Å². The summed E-state index contributed by atoms with van der Waals surface area (Å²) in [5, 5.41) is 8.96. The molecule has 0 radical (unpaired) electrons. The highest BCUT2D eigenvalue weighted by Gasteiger charge is 2.05. The van der Waals surface area contributed by atoms with Crippen LogP contribution in [0.3, 0.4) is 0 Å². The maximum absolute atomic E-state index is 12.8. The Kier molecular flexibility index (Phi) is 8.36. The van der Waals surface area contributed by atoms with E-state index in [1.54, 1.807) is 12.1 Å². The third kappa shape index (κ3) is 6.24. The number of ether oxygens (including phenoxy) is 1. The van der Waals surface area contributed by atoms with Gasteiger partial charge in [-0.05, 0) is 30.2 Å². The van der Waals surface area contributed by atoms with E-state index < -0.39 is 6.17 Å². The van der Waals surface area contributed by atoms with Crippen LogP contribution in [-0.4, -0.2) is 24.4 Å². The van der Waals surface area contributed by atoms with Gasteiger partial charge in [-0.2, -0.15) is 0 Å². The van der Waals surface area contributed by atoms with Crippen LogP contribution in [0.25, 0.3) is 0 Å². The van der Waals surface area contributed by atoms with Crippen molar-refractivity contribution in [1.29, 1.82) is 0 Å². The molecule has 4 heteroatoms. The topological polar surface area (TPSA) is 55.5 Å². The Morgan fingerprint density at radius 3 is 2.53 bits per heavy atom. The van der Waals surface area contributed by atoms with Crippen LogP contribution in [0.15, 0.2) is 18.2 Å². The predicted octanol–water partition coefficient (Wildman–Crippen LogP) is 2.19. The first kappa shape index (κ1) is 15.9. The number of aliphatic hydroxyl groups is 1.